The van der Waals surface area contributed by atoms with Crippen LogP contribution in [0, 0.1) is 5.82 Å². The monoisotopic (exact) mass is 394 g/mol. The van der Waals surface area contributed by atoms with E-state index in [9.17, 15) is 12.8 Å². The first-order valence-electron chi connectivity index (χ1n) is 6.50. The molecule has 0 N–H and O–H groups in total. The molecule has 4 nitrogen and oxygen atoms in total. The van der Waals surface area contributed by atoms with Gasteiger partial charge in [-0.05, 0) is 35.3 Å². The van der Waals surface area contributed by atoms with E-state index in [0.717, 1.165) is 0 Å². The molecule has 3 rings (SSSR count). The normalized spacial score (nSPS) is 22.8. The van der Waals surface area contributed by atoms with Crippen LogP contribution in [0.5, 0.6) is 0 Å². The summed E-state index contributed by atoms with van der Waals surface area (Å²) in [5, 5.41) is -0.387. The summed E-state index contributed by atoms with van der Waals surface area (Å²) in [5.41, 5.74) is 1.19. The highest BCUT2D eigenvalue weighted by atomic mass is 79.9. The van der Waals surface area contributed by atoms with Gasteiger partial charge in [0.1, 0.15) is 11.6 Å². The van der Waals surface area contributed by atoms with Gasteiger partial charge >= 0.3 is 0 Å². The SMILES string of the molecule is CC(Cl)c1nc2cc(F)c(Br)cc2n1C1CCS(=O)(=O)C1. The van der Waals surface area contributed by atoms with Crippen LogP contribution in [0.2, 0.25) is 0 Å². The highest BCUT2D eigenvalue weighted by Gasteiger charge is 2.32. The third-order valence-electron chi connectivity index (χ3n) is 3.69. The molecule has 1 aliphatic rings. The number of imidazole rings is 1. The maximum absolute atomic E-state index is 13.7. The molecule has 1 fully saturated rings. The average Bonchev–Trinajstić information content (AvgIpc) is 2.90. The van der Waals surface area contributed by atoms with Crippen molar-refractivity contribution in [2.45, 2.75) is 24.8 Å². The van der Waals surface area contributed by atoms with Crippen molar-refractivity contribution in [1.29, 1.82) is 0 Å². The summed E-state index contributed by atoms with van der Waals surface area (Å²) >= 11 is 9.33. The van der Waals surface area contributed by atoms with E-state index in [-0.39, 0.29) is 22.9 Å². The van der Waals surface area contributed by atoms with E-state index in [0.29, 0.717) is 27.8 Å². The molecule has 1 aromatic heterocycles. The molecule has 114 valence electrons. The number of rotatable bonds is 2. The smallest absolute Gasteiger partial charge is 0.152 e. The van der Waals surface area contributed by atoms with Gasteiger partial charge in [-0.2, -0.15) is 0 Å². The second-order valence-corrected chi connectivity index (χ2v) is 9.01. The predicted octanol–water partition coefficient (Wildman–Crippen LogP) is 3.60. The fraction of sp³-hybridized carbons (Fsp3) is 0.462. The molecular weight excluding hydrogens is 383 g/mol. The topological polar surface area (TPSA) is 52.0 Å². The minimum atomic E-state index is -3.03. The van der Waals surface area contributed by atoms with E-state index < -0.39 is 15.7 Å². The van der Waals surface area contributed by atoms with Crippen LogP contribution in [0.4, 0.5) is 4.39 Å². The second kappa shape index (κ2) is 5.21. The van der Waals surface area contributed by atoms with Gasteiger partial charge in [0.15, 0.2) is 9.84 Å². The molecule has 8 heteroatoms. The Kier molecular flexibility index (Phi) is 3.78. The van der Waals surface area contributed by atoms with E-state index >= 15 is 0 Å². The summed E-state index contributed by atoms with van der Waals surface area (Å²) in [5.74, 6) is 0.408. The Hall–Kier alpha value is -0.660. The number of fused-ring (bicyclic) bond motifs is 1. The number of benzene rings is 1. The zero-order valence-electron chi connectivity index (χ0n) is 11.2. The maximum Gasteiger partial charge on any atom is 0.152 e. The van der Waals surface area contributed by atoms with Crippen LogP contribution < -0.4 is 0 Å². The van der Waals surface area contributed by atoms with E-state index in [1.807, 2.05) is 4.57 Å². The number of halogens is 3. The van der Waals surface area contributed by atoms with Gasteiger partial charge in [0, 0.05) is 6.07 Å². The number of hydrogen-bond acceptors (Lipinski definition) is 3. The molecule has 2 unspecified atom stereocenters. The van der Waals surface area contributed by atoms with Crippen molar-refractivity contribution >= 4 is 48.4 Å². The Balaban J connectivity index is 2.23. The number of sulfone groups is 1. The molecular formula is C13H13BrClFN2O2S. The lowest BCUT2D eigenvalue weighted by molar-refractivity contribution is 0.545. The highest BCUT2D eigenvalue weighted by molar-refractivity contribution is 9.10. The Bertz CT molecular complexity index is 819. The number of hydrogen-bond donors (Lipinski definition) is 0. The van der Waals surface area contributed by atoms with Crippen LogP contribution in [0.25, 0.3) is 11.0 Å². The zero-order valence-corrected chi connectivity index (χ0v) is 14.3. The fourth-order valence-corrected chi connectivity index (χ4v) is 4.94. The Morgan fingerprint density at radius 2 is 2.24 bits per heavy atom. The van der Waals surface area contributed by atoms with Crippen LogP contribution in [0.15, 0.2) is 16.6 Å². The first kappa shape index (κ1) is 15.2. The van der Waals surface area contributed by atoms with Crippen molar-refractivity contribution in [3.05, 3.63) is 28.2 Å². The van der Waals surface area contributed by atoms with Gasteiger partial charge in [0.25, 0.3) is 0 Å². The summed E-state index contributed by atoms with van der Waals surface area (Å²) in [7, 11) is -3.03. The Morgan fingerprint density at radius 1 is 1.52 bits per heavy atom. The van der Waals surface area contributed by atoms with Crippen molar-refractivity contribution in [1.82, 2.24) is 9.55 Å². The second-order valence-electron chi connectivity index (χ2n) is 5.27. The largest absolute Gasteiger partial charge is 0.323 e. The lowest BCUT2D eigenvalue weighted by Gasteiger charge is -2.16. The van der Waals surface area contributed by atoms with Crippen LogP contribution in [-0.2, 0) is 9.84 Å². The molecule has 0 saturated carbocycles. The molecule has 0 radical (unpaired) electrons. The number of nitrogens with zero attached hydrogens (tertiary/aromatic N) is 2. The highest BCUT2D eigenvalue weighted by Crippen LogP contribution is 2.34. The molecule has 21 heavy (non-hydrogen) atoms. The summed E-state index contributed by atoms with van der Waals surface area (Å²) in [6.45, 7) is 1.77. The summed E-state index contributed by atoms with van der Waals surface area (Å²) in [6, 6.07) is 2.77. The van der Waals surface area contributed by atoms with Crippen LogP contribution in [0.1, 0.15) is 30.6 Å². The van der Waals surface area contributed by atoms with Gasteiger partial charge in [-0.1, -0.05) is 0 Å². The van der Waals surface area contributed by atoms with Crippen LogP contribution in [-0.4, -0.2) is 29.5 Å². The minimum absolute atomic E-state index is 0.0735. The predicted molar refractivity (Wildman–Crippen MR) is 84.0 cm³/mol. The molecule has 2 atom stereocenters. The zero-order chi connectivity index (χ0) is 15.4. The van der Waals surface area contributed by atoms with E-state index in [4.69, 9.17) is 11.6 Å². The lowest BCUT2D eigenvalue weighted by Crippen LogP contribution is -2.14. The molecule has 0 aliphatic carbocycles. The quantitative estimate of drug-likeness (QED) is 0.730. The fourth-order valence-electron chi connectivity index (χ4n) is 2.75. The summed E-state index contributed by atoms with van der Waals surface area (Å²) < 4.78 is 39.3. The van der Waals surface area contributed by atoms with Crippen molar-refractivity contribution in [3.8, 4) is 0 Å². The lowest BCUT2D eigenvalue weighted by atomic mass is 10.2. The molecule has 0 bridgehead atoms. The molecule has 0 amide bonds. The van der Waals surface area contributed by atoms with Gasteiger partial charge in [-0.25, -0.2) is 17.8 Å². The third kappa shape index (κ3) is 2.71. The average molecular weight is 396 g/mol. The first-order chi connectivity index (χ1) is 9.78. The molecule has 2 aromatic rings. The van der Waals surface area contributed by atoms with Crippen molar-refractivity contribution in [2.75, 3.05) is 11.5 Å². The van der Waals surface area contributed by atoms with Gasteiger partial charge in [-0.3, -0.25) is 0 Å². The van der Waals surface area contributed by atoms with Gasteiger partial charge in [-0.15, -0.1) is 11.6 Å². The molecule has 1 aliphatic heterocycles. The molecule has 0 spiro atoms. The molecule has 1 aromatic carbocycles. The van der Waals surface area contributed by atoms with Crippen LogP contribution in [0.3, 0.4) is 0 Å². The minimum Gasteiger partial charge on any atom is -0.323 e. The maximum atomic E-state index is 13.7. The summed E-state index contributed by atoms with van der Waals surface area (Å²) in [4.78, 5) is 4.38. The summed E-state index contributed by atoms with van der Waals surface area (Å²) in [6.07, 6.45) is 0.527. The van der Waals surface area contributed by atoms with Gasteiger partial charge in [0.2, 0.25) is 0 Å². The van der Waals surface area contributed by atoms with E-state index in [1.54, 1.807) is 13.0 Å². The van der Waals surface area contributed by atoms with Gasteiger partial charge in [0.05, 0.1) is 38.4 Å². The Labute approximate surface area is 135 Å². The third-order valence-corrected chi connectivity index (χ3v) is 6.24. The first-order valence-corrected chi connectivity index (χ1v) is 9.55. The number of alkyl halides is 1. The van der Waals surface area contributed by atoms with Crippen molar-refractivity contribution in [2.24, 2.45) is 0 Å². The number of aromatic nitrogens is 2. The molecule has 2 heterocycles. The van der Waals surface area contributed by atoms with Gasteiger partial charge < -0.3 is 4.57 Å². The standard InChI is InChI=1S/C13H13BrClFN2O2S/c1-7(15)13-17-11-5-10(16)9(14)4-12(11)18(13)8-2-3-21(19,20)6-8/h4-5,7-8H,2-3,6H2,1H3. The van der Waals surface area contributed by atoms with Crippen LogP contribution >= 0.6 is 27.5 Å². The van der Waals surface area contributed by atoms with E-state index in [1.165, 1.54) is 6.07 Å². The Morgan fingerprint density at radius 3 is 2.81 bits per heavy atom. The molecule has 1 saturated heterocycles. The van der Waals surface area contributed by atoms with Crippen molar-refractivity contribution < 1.29 is 12.8 Å². The van der Waals surface area contributed by atoms with Crippen molar-refractivity contribution in [3.63, 3.8) is 0 Å². The van der Waals surface area contributed by atoms with E-state index in [2.05, 4.69) is 20.9 Å².